The number of anilines is 1. The number of hydrogen-bond donors (Lipinski definition) is 3. The van der Waals surface area contributed by atoms with E-state index < -0.39 is 17.9 Å². The first-order valence-electron chi connectivity index (χ1n) is 7.15. The van der Waals surface area contributed by atoms with Gasteiger partial charge in [-0.2, -0.15) is 0 Å². The molecule has 0 spiro atoms. The summed E-state index contributed by atoms with van der Waals surface area (Å²) in [6.07, 6.45) is 0.428. The molecular weight excluding hydrogens is 284 g/mol. The summed E-state index contributed by atoms with van der Waals surface area (Å²) >= 11 is 0. The second-order valence-electron chi connectivity index (χ2n) is 5.71. The van der Waals surface area contributed by atoms with Crippen molar-refractivity contribution in [1.29, 1.82) is 0 Å². The van der Waals surface area contributed by atoms with Gasteiger partial charge in [0.05, 0.1) is 0 Å². The van der Waals surface area contributed by atoms with Gasteiger partial charge in [-0.3, -0.25) is 14.4 Å². The van der Waals surface area contributed by atoms with Crippen LogP contribution in [0.15, 0.2) is 18.2 Å². The maximum atomic E-state index is 11.9. The van der Waals surface area contributed by atoms with Crippen LogP contribution < -0.4 is 10.6 Å². The molecule has 0 aromatic heterocycles. The lowest BCUT2D eigenvalue weighted by Crippen LogP contribution is -2.38. The van der Waals surface area contributed by atoms with Crippen molar-refractivity contribution < 1.29 is 19.5 Å². The van der Waals surface area contributed by atoms with Gasteiger partial charge in [0.2, 0.25) is 5.91 Å². The molecule has 0 aliphatic carbocycles. The lowest BCUT2D eigenvalue weighted by Gasteiger charge is -2.13. The van der Waals surface area contributed by atoms with E-state index in [1.807, 2.05) is 13.8 Å². The summed E-state index contributed by atoms with van der Waals surface area (Å²) in [5.74, 6) is -1.36. The Kier molecular flexibility index (Phi) is 6.10. The minimum atomic E-state index is -1.09. The van der Waals surface area contributed by atoms with Crippen LogP contribution >= 0.6 is 0 Å². The molecular formula is C16H22N2O4. The van der Waals surface area contributed by atoms with E-state index in [1.54, 1.807) is 25.1 Å². The van der Waals surface area contributed by atoms with E-state index in [4.69, 9.17) is 5.11 Å². The van der Waals surface area contributed by atoms with Crippen molar-refractivity contribution in [2.24, 2.45) is 5.92 Å². The maximum absolute atomic E-state index is 11.9. The highest BCUT2D eigenvalue weighted by atomic mass is 16.4. The van der Waals surface area contributed by atoms with Gasteiger partial charge in [0.15, 0.2) is 0 Å². The van der Waals surface area contributed by atoms with Crippen LogP contribution in [0.25, 0.3) is 0 Å². The van der Waals surface area contributed by atoms with E-state index in [1.165, 1.54) is 6.92 Å². The standard InChI is InChI=1S/C16H22N2O4/c1-9(2)7-14(19)18-13-6-5-12(8-10(13)3)15(20)17-11(4)16(21)22/h5-6,8-9,11H,7H2,1-4H3,(H,17,20)(H,18,19)(H,21,22)/t11-/m0/s1. The normalized spacial score (nSPS) is 11.9. The molecule has 0 saturated heterocycles. The van der Waals surface area contributed by atoms with Crippen molar-refractivity contribution in [2.45, 2.75) is 40.2 Å². The summed E-state index contributed by atoms with van der Waals surface area (Å²) in [7, 11) is 0. The van der Waals surface area contributed by atoms with Gasteiger partial charge in [-0.1, -0.05) is 13.8 Å². The fourth-order valence-electron chi connectivity index (χ4n) is 1.86. The fraction of sp³-hybridized carbons (Fsp3) is 0.438. The number of amides is 2. The molecule has 3 N–H and O–H groups in total. The Labute approximate surface area is 129 Å². The van der Waals surface area contributed by atoms with Crippen molar-refractivity contribution in [3.8, 4) is 0 Å². The molecule has 0 bridgehead atoms. The van der Waals surface area contributed by atoms with Crippen LogP contribution in [0.4, 0.5) is 5.69 Å². The van der Waals surface area contributed by atoms with E-state index in [0.717, 1.165) is 5.56 Å². The largest absolute Gasteiger partial charge is 0.480 e. The van der Waals surface area contributed by atoms with Gasteiger partial charge < -0.3 is 15.7 Å². The van der Waals surface area contributed by atoms with E-state index in [2.05, 4.69) is 10.6 Å². The van der Waals surface area contributed by atoms with Gasteiger partial charge in [-0.15, -0.1) is 0 Å². The third kappa shape index (κ3) is 5.20. The second kappa shape index (κ2) is 7.59. The van der Waals surface area contributed by atoms with Crippen LogP contribution in [0.1, 0.15) is 43.1 Å². The van der Waals surface area contributed by atoms with Crippen molar-refractivity contribution in [3.05, 3.63) is 29.3 Å². The number of nitrogens with one attached hydrogen (secondary N) is 2. The maximum Gasteiger partial charge on any atom is 0.325 e. The van der Waals surface area contributed by atoms with Gasteiger partial charge in [-0.05, 0) is 43.5 Å². The number of rotatable bonds is 6. The first kappa shape index (κ1) is 17.7. The number of carboxylic acids is 1. The molecule has 0 heterocycles. The summed E-state index contributed by atoms with van der Waals surface area (Å²) in [5, 5.41) is 14.0. The summed E-state index contributed by atoms with van der Waals surface area (Å²) in [6.45, 7) is 7.10. The summed E-state index contributed by atoms with van der Waals surface area (Å²) in [5.41, 5.74) is 1.74. The zero-order valence-electron chi connectivity index (χ0n) is 13.3. The van der Waals surface area contributed by atoms with Crippen LogP contribution in [-0.2, 0) is 9.59 Å². The number of aliphatic carboxylic acids is 1. The quantitative estimate of drug-likeness (QED) is 0.750. The zero-order chi connectivity index (χ0) is 16.9. The molecule has 0 radical (unpaired) electrons. The third-order valence-corrected chi connectivity index (χ3v) is 3.07. The minimum Gasteiger partial charge on any atom is -0.480 e. The number of carbonyl (C=O) groups excluding carboxylic acids is 2. The lowest BCUT2D eigenvalue weighted by molar-refractivity contribution is -0.138. The molecule has 1 atom stereocenters. The van der Waals surface area contributed by atoms with Gasteiger partial charge in [0.1, 0.15) is 6.04 Å². The Morgan fingerprint density at radius 2 is 1.82 bits per heavy atom. The number of carboxylic acid groups (broad SMARTS) is 1. The van der Waals surface area contributed by atoms with Crippen LogP contribution in [0.5, 0.6) is 0 Å². The number of benzene rings is 1. The summed E-state index contributed by atoms with van der Waals surface area (Å²) < 4.78 is 0. The molecule has 0 saturated carbocycles. The first-order chi connectivity index (χ1) is 10.2. The number of aryl methyl sites for hydroxylation is 1. The average Bonchev–Trinajstić information content (AvgIpc) is 2.39. The molecule has 0 unspecified atom stereocenters. The monoisotopic (exact) mass is 306 g/mol. The van der Waals surface area contributed by atoms with Crippen LogP contribution in [-0.4, -0.2) is 28.9 Å². The van der Waals surface area contributed by atoms with E-state index in [-0.39, 0.29) is 11.8 Å². The fourth-order valence-corrected chi connectivity index (χ4v) is 1.86. The van der Waals surface area contributed by atoms with E-state index >= 15 is 0 Å². The Hall–Kier alpha value is -2.37. The Morgan fingerprint density at radius 3 is 2.32 bits per heavy atom. The van der Waals surface area contributed by atoms with Crippen molar-refractivity contribution in [3.63, 3.8) is 0 Å². The molecule has 2 amide bonds. The molecule has 1 aromatic carbocycles. The highest BCUT2D eigenvalue weighted by Crippen LogP contribution is 2.17. The van der Waals surface area contributed by atoms with Gasteiger partial charge in [0, 0.05) is 17.7 Å². The van der Waals surface area contributed by atoms with Crippen LogP contribution in [0.3, 0.4) is 0 Å². The molecule has 6 heteroatoms. The minimum absolute atomic E-state index is 0.0743. The lowest BCUT2D eigenvalue weighted by atomic mass is 10.1. The third-order valence-electron chi connectivity index (χ3n) is 3.07. The van der Waals surface area contributed by atoms with Gasteiger partial charge in [0.25, 0.3) is 5.91 Å². The summed E-state index contributed by atoms with van der Waals surface area (Å²) in [4.78, 5) is 34.4. The Bertz CT molecular complexity index is 582. The van der Waals surface area contributed by atoms with Crippen molar-refractivity contribution in [1.82, 2.24) is 5.32 Å². The first-order valence-corrected chi connectivity index (χ1v) is 7.15. The van der Waals surface area contributed by atoms with E-state index in [0.29, 0.717) is 17.7 Å². The summed E-state index contributed by atoms with van der Waals surface area (Å²) in [6, 6.07) is 3.86. The second-order valence-corrected chi connectivity index (χ2v) is 5.71. The predicted octanol–water partition coefficient (Wildman–Crippen LogP) is 2.18. The number of hydrogen-bond acceptors (Lipinski definition) is 3. The molecule has 120 valence electrons. The average molecular weight is 306 g/mol. The molecule has 0 fully saturated rings. The van der Waals surface area contributed by atoms with Crippen molar-refractivity contribution in [2.75, 3.05) is 5.32 Å². The topological polar surface area (TPSA) is 95.5 Å². The highest BCUT2D eigenvalue weighted by molar-refractivity contribution is 5.98. The SMILES string of the molecule is Cc1cc(C(=O)N[C@@H](C)C(=O)O)ccc1NC(=O)CC(C)C. The molecule has 1 aromatic rings. The molecule has 1 rings (SSSR count). The van der Waals surface area contributed by atoms with Crippen molar-refractivity contribution >= 4 is 23.5 Å². The molecule has 0 aliphatic heterocycles. The van der Waals surface area contributed by atoms with Gasteiger partial charge in [-0.25, -0.2) is 0 Å². The molecule has 6 nitrogen and oxygen atoms in total. The zero-order valence-corrected chi connectivity index (χ0v) is 13.3. The smallest absolute Gasteiger partial charge is 0.325 e. The Morgan fingerprint density at radius 1 is 1.18 bits per heavy atom. The van der Waals surface area contributed by atoms with Crippen LogP contribution in [0.2, 0.25) is 0 Å². The van der Waals surface area contributed by atoms with Crippen LogP contribution in [0, 0.1) is 12.8 Å². The Balaban J connectivity index is 2.79. The highest BCUT2D eigenvalue weighted by Gasteiger charge is 2.16. The van der Waals surface area contributed by atoms with E-state index in [9.17, 15) is 14.4 Å². The molecule has 0 aliphatic rings. The predicted molar refractivity (Wildman–Crippen MR) is 83.8 cm³/mol. The number of carbonyl (C=O) groups is 3. The molecule has 22 heavy (non-hydrogen) atoms. The van der Waals surface area contributed by atoms with Gasteiger partial charge >= 0.3 is 5.97 Å².